The first kappa shape index (κ1) is 13.3. The fourth-order valence-electron chi connectivity index (χ4n) is 1.27. The van der Waals surface area contributed by atoms with Gasteiger partial charge in [0.2, 0.25) is 0 Å². The zero-order chi connectivity index (χ0) is 12.3. The number of rotatable bonds is 3. The lowest BCUT2D eigenvalue weighted by Crippen LogP contribution is -2.34. The summed E-state index contributed by atoms with van der Waals surface area (Å²) in [5, 5.41) is 0. The molecule has 0 spiro atoms. The molecular weight excluding hydrogens is 285 g/mol. The Labute approximate surface area is 101 Å². The number of hydrogen-bond acceptors (Lipinski definition) is 2. The van der Waals surface area contributed by atoms with Gasteiger partial charge in [0.15, 0.2) is 0 Å². The zero-order valence-electron chi connectivity index (χ0n) is 8.98. The second-order valence-corrected chi connectivity index (χ2v) is 4.28. The lowest BCUT2D eigenvalue weighted by Gasteiger charge is -2.23. The Bertz CT molecular complexity index is 366. The van der Waals surface area contributed by atoms with Crippen molar-refractivity contribution in [3.63, 3.8) is 0 Å². The Hall–Kier alpha value is -0.780. The molecule has 1 aromatic heterocycles. The van der Waals surface area contributed by atoms with Gasteiger partial charge in [-0.15, -0.1) is 0 Å². The number of alkyl halides is 3. The van der Waals surface area contributed by atoms with Crippen molar-refractivity contribution in [3.05, 3.63) is 22.3 Å². The van der Waals surface area contributed by atoms with Gasteiger partial charge >= 0.3 is 6.18 Å². The number of halogens is 4. The molecular formula is C10H12BrF3N2. The molecule has 2 nitrogen and oxygen atoms in total. The molecule has 1 aromatic rings. The summed E-state index contributed by atoms with van der Waals surface area (Å²) < 4.78 is 37.6. The molecule has 6 heteroatoms. The number of nitrogens with zero attached hydrogens (tertiary/aromatic N) is 2. The van der Waals surface area contributed by atoms with Crippen LogP contribution in [0.3, 0.4) is 0 Å². The maximum atomic E-state index is 12.3. The Kier molecular flexibility index (Phi) is 4.18. The predicted molar refractivity (Wildman–Crippen MR) is 60.6 cm³/mol. The molecule has 0 bridgehead atoms. The van der Waals surface area contributed by atoms with Crippen LogP contribution in [0.1, 0.15) is 12.5 Å². The van der Waals surface area contributed by atoms with Crippen molar-refractivity contribution in [2.24, 2.45) is 0 Å². The molecule has 16 heavy (non-hydrogen) atoms. The van der Waals surface area contributed by atoms with E-state index in [-0.39, 0.29) is 6.54 Å². The summed E-state index contributed by atoms with van der Waals surface area (Å²) in [5.74, 6) is 0.348. The maximum absolute atomic E-state index is 12.3. The van der Waals surface area contributed by atoms with Gasteiger partial charge < -0.3 is 4.90 Å². The van der Waals surface area contributed by atoms with Crippen LogP contribution in [0.25, 0.3) is 0 Å². The largest absolute Gasteiger partial charge is 0.405 e. The van der Waals surface area contributed by atoms with Gasteiger partial charge in [-0.1, -0.05) is 0 Å². The molecule has 0 aliphatic rings. The van der Waals surface area contributed by atoms with Crippen LogP contribution in [0.2, 0.25) is 0 Å². The maximum Gasteiger partial charge on any atom is 0.405 e. The first-order valence-electron chi connectivity index (χ1n) is 4.77. The third kappa shape index (κ3) is 3.66. The molecule has 0 unspecified atom stereocenters. The lowest BCUT2D eigenvalue weighted by atomic mass is 10.3. The smallest absolute Gasteiger partial charge is 0.348 e. The van der Waals surface area contributed by atoms with Crippen LogP contribution in [-0.4, -0.2) is 24.2 Å². The molecule has 0 saturated carbocycles. The number of aromatic nitrogens is 1. The standard InChI is InChI=1S/C10H12BrF3N2/c1-3-16(6-10(12,13)14)9-4-7(2)8(11)5-15-9/h4-5H,3,6H2,1-2H3. The van der Waals surface area contributed by atoms with Crippen molar-refractivity contribution in [1.82, 2.24) is 4.98 Å². The van der Waals surface area contributed by atoms with E-state index < -0.39 is 12.7 Å². The number of pyridine rings is 1. The summed E-state index contributed by atoms with van der Waals surface area (Å²) >= 11 is 3.26. The van der Waals surface area contributed by atoms with E-state index in [9.17, 15) is 13.2 Å². The topological polar surface area (TPSA) is 16.1 Å². The summed E-state index contributed by atoms with van der Waals surface area (Å²) in [4.78, 5) is 5.17. The summed E-state index contributed by atoms with van der Waals surface area (Å²) in [7, 11) is 0. The van der Waals surface area contributed by atoms with Crippen LogP contribution in [0.15, 0.2) is 16.7 Å². The lowest BCUT2D eigenvalue weighted by molar-refractivity contribution is -0.119. The van der Waals surface area contributed by atoms with Gasteiger partial charge in [0.1, 0.15) is 12.4 Å². The van der Waals surface area contributed by atoms with Gasteiger partial charge in [0.25, 0.3) is 0 Å². The summed E-state index contributed by atoms with van der Waals surface area (Å²) in [6.07, 6.45) is -2.69. The van der Waals surface area contributed by atoms with Crippen LogP contribution >= 0.6 is 15.9 Å². The molecule has 1 heterocycles. The molecule has 0 aliphatic carbocycles. The van der Waals surface area contributed by atoms with Gasteiger partial charge in [-0.25, -0.2) is 4.98 Å². The van der Waals surface area contributed by atoms with Gasteiger partial charge in [0, 0.05) is 17.2 Å². The highest BCUT2D eigenvalue weighted by Gasteiger charge is 2.30. The molecule has 0 atom stereocenters. The average molecular weight is 297 g/mol. The Morgan fingerprint density at radius 1 is 1.44 bits per heavy atom. The van der Waals surface area contributed by atoms with Crippen LogP contribution < -0.4 is 4.90 Å². The minimum atomic E-state index is -4.21. The van der Waals surface area contributed by atoms with Crippen LogP contribution in [0.4, 0.5) is 19.0 Å². The van der Waals surface area contributed by atoms with Crippen molar-refractivity contribution in [3.8, 4) is 0 Å². The van der Waals surface area contributed by atoms with Gasteiger partial charge in [-0.05, 0) is 41.4 Å². The van der Waals surface area contributed by atoms with E-state index in [1.54, 1.807) is 13.0 Å². The van der Waals surface area contributed by atoms with E-state index >= 15 is 0 Å². The summed E-state index contributed by atoms with van der Waals surface area (Å²) in [6, 6.07) is 1.64. The van der Waals surface area contributed by atoms with Crippen LogP contribution in [-0.2, 0) is 0 Å². The molecule has 1 rings (SSSR count). The molecule has 0 aromatic carbocycles. The van der Waals surface area contributed by atoms with Crippen molar-refractivity contribution < 1.29 is 13.2 Å². The normalized spacial score (nSPS) is 11.6. The molecule has 0 fully saturated rings. The first-order valence-corrected chi connectivity index (χ1v) is 5.56. The van der Waals surface area contributed by atoms with Crippen LogP contribution in [0, 0.1) is 6.92 Å². The molecule has 0 N–H and O–H groups in total. The quantitative estimate of drug-likeness (QED) is 0.848. The van der Waals surface area contributed by atoms with E-state index in [0.717, 1.165) is 10.0 Å². The zero-order valence-corrected chi connectivity index (χ0v) is 10.6. The fraction of sp³-hybridized carbons (Fsp3) is 0.500. The Morgan fingerprint density at radius 2 is 2.06 bits per heavy atom. The number of anilines is 1. The second-order valence-electron chi connectivity index (χ2n) is 3.42. The second kappa shape index (κ2) is 5.03. The Balaban J connectivity index is 2.91. The molecule has 0 saturated heterocycles. The van der Waals surface area contributed by atoms with Gasteiger partial charge in [-0.3, -0.25) is 0 Å². The van der Waals surface area contributed by atoms with Gasteiger partial charge in [-0.2, -0.15) is 13.2 Å². The molecule has 90 valence electrons. The predicted octanol–water partition coefficient (Wildman–Crippen LogP) is 3.54. The number of aryl methyl sites for hydroxylation is 1. The molecule has 0 radical (unpaired) electrons. The minimum absolute atomic E-state index is 0.271. The molecule has 0 aliphatic heterocycles. The SMILES string of the molecule is CCN(CC(F)(F)F)c1cc(C)c(Br)cn1. The third-order valence-electron chi connectivity index (χ3n) is 2.11. The minimum Gasteiger partial charge on any atom is -0.348 e. The number of hydrogen-bond donors (Lipinski definition) is 0. The van der Waals surface area contributed by atoms with Crippen molar-refractivity contribution in [1.29, 1.82) is 0 Å². The van der Waals surface area contributed by atoms with Crippen molar-refractivity contribution >= 4 is 21.7 Å². The van der Waals surface area contributed by atoms with Crippen LogP contribution in [0.5, 0.6) is 0 Å². The molecule has 0 amide bonds. The summed E-state index contributed by atoms with van der Waals surface area (Å²) in [5.41, 5.74) is 0.866. The highest BCUT2D eigenvalue weighted by atomic mass is 79.9. The highest BCUT2D eigenvalue weighted by molar-refractivity contribution is 9.10. The Morgan fingerprint density at radius 3 is 2.50 bits per heavy atom. The fourth-order valence-corrected chi connectivity index (χ4v) is 1.49. The third-order valence-corrected chi connectivity index (χ3v) is 2.94. The average Bonchev–Trinajstić information content (AvgIpc) is 2.17. The summed E-state index contributed by atoms with van der Waals surface area (Å²) in [6.45, 7) is 2.78. The van der Waals surface area contributed by atoms with E-state index in [1.165, 1.54) is 11.1 Å². The van der Waals surface area contributed by atoms with Crippen molar-refractivity contribution in [2.45, 2.75) is 20.0 Å². The van der Waals surface area contributed by atoms with E-state index in [1.807, 2.05) is 6.92 Å². The van der Waals surface area contributed by atoms with Gasteiger partial charge in [0.05, 0.1) is 0 Å². The monoisotopic (exact) mass is 296 g/mol. The van der Waals surface area contributed by atoms with E-state index in [4.69, 9.17) is 0 Å². The van der Waals surface area contributed by atoms with Crippen molar-refractivity contribution in [2.75, 3.05) is 18.0 Å². The van der Waals surface area contributed by atoms with E-state index in [0.29, 0.717) is 5.82 Å². The van der Waals surface area contributed by atoms with E-state index in [2.05, 4.69) is 20.9 Å². The highest BCUT2D eigenvalue weighted by Crippen LogP contribution is 2.23. The first-order chi connectivity index (χ1) is 7.33.